The molecule has 4 nitrogen and oxygen atoms in total. The van der Waals surface area contributed by atoms with Crippen molar-refractivity contribution in [3.05, 3.63) is 59.7 Å². The van der Waals surface area contributed by atoms with Crippen LogP contribution in [0.25, 0.3) is 0 Å². The van der Waals surface area contributed by atoms with Crippen molar-refractivity contribution in [1.82, 2.24) is 5.32 Å². The van der Waals surface area contributed by atoms with Crippen LogP contribution in [0.4, 0.5) is 5.69 Å². The quantitative estimate of drug-likeness (QED) is 0.851. The molecule has 0 aliphatic carbocycles. The number of methoxy groups -OCH3 is 1. The van der Waals surface area contributed by atoms with Crippen molar-refractivity contribution in [1.29, 1.82) is 0 Å². The van der Waals surface area contributed by atoms with E-state index >= 15 is 0 Å². The minimum absolute atomic E-state index is 0.106. The van der Waals surface area contributed by atoms with E-state index < -0.39 is 0 Å². The van der Waals surface area contributed by atoms with Gasteiger partial charge in [-0.05, 0) is 36.1 Å². The zero-order valence-electron chi connectivity index (χ0n) is 14.1. The number of nitrogens with zero attached hydrogens (tertiary/aromatic N) is 1. The predicted octanol–water partition coefficient (Wildman–Crippen LogP) is 2.81. The summed E-state index contributed by atoms with van der Waals surface area (Å²) in [5.74, 6) is 0.981. The molecule has 0 radical (unpaired) electrons. The van der Waals surface area contributed by atoms with Gasteiger partial charge in [-0.3, -0.25) is 4.79 Å². The third kappa shape index (κ3) is 3.88. The van der Waals surface area contributed by atoms with Crippen LogP contribution in [-0.4, -0.2) is 32.7 Å². The summed E-state index contributed by atoms with van der Waals surface area (Å²) in [6.45, 7) is 2.42. The molecule has 1 heterocycles. The molecule has 2 aromatic carbocycles. The van der Waals surface area contributed by atoms with E-state index in [0.717, 1.165) is 37.2 Å². The second-order valence-corrected chi connectivity index (χ2v) is 6.03. The highest BCUT2D eigenvalue weighted by atomic mass is 16.5. The van der Waals surface area contributed by atoms with Crippen molar-refractivity contribution >= 4 is 11.6 Å². The lowest BCUT2D eigenvalue weighted by Gasteiger charge is -2.19. The lowest BCUT2D eigenvalue weighted by Crippen LogP contribution is -2.31. The standard InChI is InChI=1S/C20H24N2O2/c1-24-19-9-5-3-7-17(19)10-13-21-20(23)12-15-22-14-11-16-6-2-4-8-18(16)22/h2-9H,10-15H2,1H3,(H,21,23). The Labute approximate surface area is 143 Å². The molecule has 0 bridgehead atoms. The molecule has 0 saturated carbocycles. The lowest BCUT2D eigenvalue weighted by atomic mass is 10.1. The van der Waals surface area contributed by atoms with E-state index in [0.29, 0.717) is 13.0 Å². The van der Waals surface area contributed by atoms with Gasteiger partial charge in [0.15, 0.2) is 0 Å². The SMILES string of the molecule is COc1ccccc1CCNC(=O)CCN1CCc2ccccc21. The number of nitrogens with one attached hydrogen (secondary N) is 1. The maximum Gasteiger partial charge on any atom is 0.221 e. The van der Waals surface area contributed by atoms with Crippen LogP contribution in [0.5, 0.6) is 5.75 Å². The fourth-order valence-electron chi connectivity index (χ4n) is 3.21. The monoisotopic (exact) mass is 324 g/mol. The molecular weight excluding hydrogens is 300 g/mol. The fraction of sp³-hybridized carbons (Fsp3) is 0.350. The highest BCUT2D eigenvalue weighted by molar-refractivity contribution is 5.76. The summed E-state index contributed by atoms with van der Waals surface area (Å²) in [6, 6.07) is 16.4. The van der Waals surface area contributed by atoms with Crippen LogP contribution < -0.4 is 15.0 Å². The fourth-order valence-corrected chi connectivity index (χ4v) is 3.21. The molecule has 1 N–H and O–H groups in total. The van der Waals surface area contributed by atoms with Gasteiger partial charge in [0.25, 0.3) is 0 Å². The first-order chi connectivity index (χ1) is 11.8. The highest BCUT2D eigenvalue weighted by Gasteiger charge is 2.18. The largest absolute Gasteiger partial charge is 0.496 e. The number of amides is 1. The van der Waals surface area contributed by atoms with E-state index in [1.165, 1.54) is 11.3 Å². The van der Waals surface area contributed by atoms with Gasteiger partial charge in [-0.1, -0.05) is 36.4 Å². The Kier molecular flexibility index (Phi) is 5.36. The number of hydrogen-bond donors (Lipinski definition) is 1. The zero-order chi connectivity index (χ0) is 16.8. The van der Waals surface area contributed by atoms with Crippen molar-refractivity contribution in [2.24, 2.45) is 0 Å². The average molecular weight is 324 g/mol. The lowest BCUT2D eigenvalue weighted by molar-refractivity contribution is -0.120. The van der Waals surface area contributed by atoms with Crippen LogP contribution in [0.1, 0.15) is 17.5 Å². The van der Waals surface area contributed by atoms with E-state index in [1.807, 2.05) is 24.3 Å². The zero-order valence-corrected chi connectivity index (χ0v) is 14.1. The Morgan fingerprint density at radius 2 is 1.96 bits per heavy atom. The van der Waals surface area contributed by atoms with Gasteiger partial charge in [0.1, 0.15) is 5.75 Å². The molecule has 0 saturated heterocycles. The summed E-state index contributed by atoms with van der Waals surface area (Å²) >= 11 is 0. The summed E-state index contributed by atoms with van der Waals surface area (Å²) in [5, 5.41) is 3.01. The Balaban J connectivity index is 1.42. The third-order valence-electron chi connectivity index (χ3n) is 4.50. The first kappa shape index (κ1) is 16.4. The Hall–Kier alpha value is -2.49. The molecule has 0 spiro atoms. The van der Waals surface area contributed by atoms with Crippen LogP contribution in [0.15, 0.2) is 48.5 Å². The van der Waals surface area contributed by atoms with Gasteiger partial charge >= 0.3 is 0 Å². The van der Waals surface area contributed by atoms with Crippen molar-refractivity contribution in [2.45, 2.75) is 19.3 Å². The molecule has 0 atom stereocenters. The molecule has 1 amide bonds. The maximum absolute atomic E-state index is 12.1. The van der Waals surface area contributed by atoms with Gasteiger partial charge in [0.05, 0.1) is 7.11 Å². The van der Waals surface area contributed by atoms with E-state index in [4.69, 9.17) is 4.74 Å². The summed E-state index contributed by atoms with van der Waals surface area (Å²) in [5.41, 5.74) is 3.78. The Morgan fingerprint density at radius 1 is 1.17 bits per heavy atom. The van der Waals surface area contributed by atoms with Crippen LogP contribution >= 0.6 is 0 Å². The van der Waals surface area contributed by atoms with E-state index in [2.05, 4.69) is 34.5 Å². The van der Waals surface area contributed by atoms with Crippen molar-refractivity contribution in [3.63, 3.8) is 0 Å². The molecule has 3 rings (SSSR count). The van der Waals surface area contributed by atoms with E-state index in [-0.39, 0.29) is 5.91 Å². The normalized spacial score (nSPS) is 12.8. The van der Waals surface area contributed by atoms with Crippen LogP contribution in [0.3, 0.4) is 0 Å². The molecule has 126 valence electrons. The second kappa shape index (κ2) is 7.86. The van der Waals surface area contributed by atoms with Gasteiger partial charge in [0, 0.05) is 31.7 Å². The topological polar surface area (TPSA) is 41.6 Å². The van der Waals surface area contributed by atoms with Crippen molar-refractivity contribution in [2.75, 3.05) is 31.6 Å². The van der Waals surface area contributed by atoms with Gasteiger partial charge < -0.3 is 15.0 Å². The first-order valence-electron chi connectivity index (χ1n) is 8.49. The maximum atomic E-state index is 12.1. The number of ether oxygens (including phenoxy) is 1. The predicted molar refractivity (Wildman–Crippen MR) is 96.7 cm³/mol. The highest BCUT2D eigenvalue weighted by Crippen LogP contribution is 2.27. The molecule has 24 heavy (non-hydrogen) atoms. The molecule has 2 aromatic rings. The molecule has 1 aliphatic heterocycles. The molecule has 4 heteroatoms. The van der Waals surface area contributed by atoms with E-state index in [9.17, 15) is 4.79 Å². The number of fused-ring (bicyclic) bond motifs is 1. The van der Waals surface area contributed by atoms with Crippen LogP contribution in [0.2, 0.25) is 0 Å². The van der Waals surface area contributed by atoms with Gasteiger partial charge in [-0.25, -0.2) is 0 Å². The molecule has 1 aliphatic rings. The number of anilines is 1. The first-order valence-corrected chi connectivity index (χ1v) is 8.49. The summed E-state index contributed by atoms with van der Waals surface area (Å²) in [6.07, 6.45) is 2.38. The summed E-state index contributed by atoms with van der Waals surface area (Å²) in [7, 11) is 1.67. The Morgan fingerprint density at radius 3 is 2.83 bits per heavy atom. The molecule has 0 unspecified atom stereocenters. The number of carbonyl (C=O) groups is 1. The van der Waals surface area contributed by atoms with Gasteiger partial charge in [0.2, 0.25) is 5.91 Å². The number of carbonyl (C=O) groups excluding carboxylic acids is 1. The third-order valence-corrected chi connectivity index (χ3v) is 4.50. The minimum atomic E-state index is 0.106. The molecule has 0 aromatic heterocycles. The summed E-state index contributed by atoms with van der Waals surface area (Å²) < 4.78 is 5.33. The number of benzene rings is 2. The van der Waals surface area contributed by atoms with Crippen LogP contribution in [0, 0.1) is 0 Å². The smallest absolute Gasteiger partial charge is 0.221 e. The average Bonchev–Trinajstić information content (AvgIpc) is 3.03. The van der Waals surface area contributed by atoms with Crippen molar-refractivity contribution in [3.8, 4) is 5.75 Å². The molecular formula is C20H24N2O2. The minimum Gasteiger partial charge on any atom is -0.496 e. The van der Waals surface area contributed by atoms with Crippen LogP contribution in [-0.2, 0) is 17.6 Å². The summed E-state index contributed by atoms with van der Waals surface area (Å²) in [4.78, 5) is 14.4. The number of para-hydroxylation sites is 2. The Bertz CT molecular complexity index is 700. The van der Waals surface area contributed by atoms with Gasteiger partial charge in [-0.15, -0.1) is 0 Å². The van der Waals surface area contributed by atoms with Gasteiger partial charge in [-0.2, -0.15) is 0 Å². The molecule has 0 fully saturated rings. The number of hydrogen-bond acceptors (Lipinski definition) is 3. The van der Waals surface area contributed by atoms with E-state index in [1.54, 1.807) is 7.11 Å². The second-order valence-electron chi connectivity index (χ2n) is 6.03. The number of rotatable bonds is 7. The van der Waals surface area contributed by atoms with Crippen molar-refractivity contribution < 1.29 is 9.53 Å².